The number of hydroxylamine groups is 2. The first-order valence-corrected chi connectivity index (χ1v) is 5.25. The highest BCUT2D eigenvalue weighted by Crippen LogP contribution is 2.14. The molecule has 1 rings (SSSR count). The van der Waals surface area contributed by atoms with Crippen LogP contribution in [0, 0.1) is 0 Å². The van der Waals surface area contributed by atoms with E-state index in [9.17, 15) is 9.90 Å². The van der Waals surface area contributed by atoms with Gasteiger partial charge in [-0.3, -0.25) is 9.63 Å². The predicted octanol–water partition coefficient (Wildman–Crippen LogP) is 0.233. The predicted molar refractivity (Wildman–Crippen MR) is 61.8 cm³/mol. The van der Waals surface area contributed by atoms with Gasteiger partial charge in [0.25, 0.3) is 0 Å². The lowest BCUT2D eigenvalue weighted by Gasteiger charge is -2.15. The van der Waals surface area contributed by atoms with Crippen LogP contribution in [0.5, 0.6) is 0 Å². The van der Waals surface area contributed by atoms with Crippen molar-refractivity contribution in [2.75, 3.05) is 14.2 Å². The van der Waals surface area contributed by atoms with Crippen LogP contribution in [-0.4, -0.2) is 35.3 Å². The highest BCUT2D eigenvalue weighted by molar-refractivity contribution is 5.77. The van der Waals surface area contributed by atoms with Crippen molar-refractivity contribution in [2.45, 2.75) is 19.6 Å². The highest BCUT2D eigenvalue weighted by Gasteiger charge is 2.12. The van der Waals surface area contributed by atoms with Gasteiger partial charge >= 0.3 is 0 Å². The second kappa shape index (κ2) is 6.34. The van der Waals surface area contributed by atoms with E-state index in [0.29, 0.717) is 11.1 Å². The first kappa shape index (κ1) is 13.6. The average molecular weight is 239 g/mol. The molecule has 5 nitrogen and oxygen atoms in total. The van der Waals surface area contributed by atoms with Crippen LogP contribution in [0.1, 0.15) is 16.7 Å². The minimum Gasteiger partial charge on any atom is -0.392 e. The van der Waals surface area contributed by atoms with Gasteiger partial charge in [-0.15, -0.1) is 0 Å². The zero-order valence-corrected chi connectivity index (χ0v) is 10.0. The molecule has 1 aromatic carbocycles. The minimum atomic E-state index is -0.195. The summed E-state index contributed by atoms with van der Waals surface area (Å²) in [5.74, 6) is -0.195. The van der Waals surface area contributed by atoms with Crippen molar-refractivity contribution in [3.63, 3.8) is 0 Å². The zero-order chi connectivity index (χ0) is 12.8. The number of rotatable bonds is 5. The lowest BCUT2D eigenvalue weighted by Crippen LogP contribution is -2.27. The Morgan fingerprint density at radius 3 is 2.53 bits per heavy atom. The molecule has 0 bridgehead atoms. The minimum absolute atomic E-state index is 0.0841. The largest absolute Gasteiger partial charge is 0.392 e. The Bertz CT molecular complexity index is 392. The second-order valence-electron chi connectivity index (χ2n) is 3.67. The van der Waals surface area contributed by atoms with Gasteiger partial charge in [-0.25, -0.2) is 5.06 Å². The SMILES string of the molecule is CON(C)C(=O)Cc1ccc(CO)cc1CO. The molecule has 2 N–H and O–H groups in total. The maximum absolute atomic E-state index is 11.6. The first-order chi connectivity index (χ1) is 8.12. The molecule has 0 radical (unpaired) electrons. The second-order valence-corrected chi connectivity index (χ2v) is 3.67. The number of hydrogen-bond acceptors (Lipinski definition) is 4. The van der Waals surface area contributed by atoms with Gasteiger partial charge in [-0.1, -0.05) is 18.2 Å². The molecule has 0 aromatic heterocycles. The summed E-state index contributed by atoms with van der Waals surface area (Å²) in [5, 5.41) is 19.3. The number of carbonyl (C=O) groups excluding carboxylic acids is 1. The lowest BCUT2D eigenvalue weighted by atomic mass is 10.0. The maximum Gasteiger partial charge on any atom is 0.250 e. The van der Waals surface area contributed by atoms with Crippen LogP contribution in [0.15, 0.2) is 18.2 Å². The summed E-state index contributed by atoms with van der Waals surface area (Å²) in [5.41, 5.74) is 2.10. The van der Waals surface area contributed by atoms with E-state index in [1.807, 2.05) is 0 Å². The van der Waals surface area contributed by atoms with E-state index in [2.05, 4.69) is 0 Å². The molecule has 1 aromatic rings. The fourth-order valence-electron chi connectivity index (χ4n) is 1.47. The van der Waals surface area contributed by atoms with E-state index in [-0.39, 0.29) is 25.5 Å². The van der Waals surface area contributed by atoms with Crippen molar-refractivity contribution in [1.29, 1.82) is 0 Å². The van der Waals surface area contributed by atoms with Crippen LogP contribution in [-0.2, 0) is 29.3 Å². The number of nitrogens with zero attached hydrogens (tertiary/aromatic N) is 1. The van der Waals surface area contributed by atoms with E-state index >= 15 is 0 Å². The molecule has 0 unspecified atom stereocenters. The average Bonchev–Trinajstić information content (AvgIpc) is 2.37. The number of hydrogen-bond donors (Lipinski definition) is 2. The van der Waals surface area contributed by atoms with Crippen molar-refractivity contribution in [3.8, 4) is 0 Å². The quantitative estimate of drug-likeness (QED) is 0.722. The van der Waals surface area contributed by atoms with Crippen molar-refractivity contribution in [2.24, 2.45) is 0 Å². The molecule has 0 spiro atoms. The monoisotopic (exact) mass is 239 g/mol. The number of carbonyl (C=O) groups is 1. The van der Waals surface area contributed by atoms with Gasteiger partial charge in [-0.05, 0) is 16.7 Å². The number of benzene rings is 1. The normalized spacial score (nSPS) is 10.4. The lowest BCUT2D eigenvalue weighted by molar-refractivity contribution is -0.167. The molecular formula is C12H17NO4. The van der Waals surface area contributed by atoms with Crippen LogP contribution >= 0.6 is 0 Å². The molecule has 0 atom stereocenters. The molecule has 0 saturated carbocycles. The summed E-state index contributed by atoms with van der Waals surface area (Å²) >= 11 is 0. The van der Waals surface area contributed by atoms with E-state index < -0.39 is 0 Å². The summed E-state index contributed by atoms with van der Waals surface area (Å²) < 4.78 is 0. The fraction of sp³-hybridized carbons (Fsp3) is 0.417. The molecule has 0 aliphatic rings. The Morgan fingerprint density at radius 2 is 2.00 bits per heavy atom. The maximum atomic E-state index is 11.6. The first-order valence-electron chi connectivity index (χ1n) is 5.25. The van der Waals surface area contributed by atoms with Crippen molar-refractivity contribution >= 4 is 5.91 Å². The van der Waals surface area contributed by atoms with E-state index in [4.69, 9.17) is 9.94 Å². The third-order valence-corrected chi connectivity index (χ3v) is 2.59. The number of likely N-dealkylation sites (N-methyl/N-ethyl adjacent to an activating group) is 1. The van der Waals surface area contributed by atoms with Gasteiger partial charge in [0.1, 0.15) is 0 Å². The fourth-order valence-corrected chi connectivity index (χ4v) is 1.47. The van der Waals surface area contributed by atoms with Crippen LogP contribution in [0.2, 0.25) is 0 Å². The molecule has 0 fully saturated rings. The standard InChI is InChI=1S/C12H17NO4/c1-13(17-2)12(16)6-10-4-3-9(7-14)5-11(10)8-15/h3-5,14-15H,6-8H2,1-2H3. The van der Waals surface area contributed by atoms with Crippen molar-refractivity contribution in [1.82, 2.24) is 5.06 Å². The number of aliphatic hydroxyl groups excluding tert-OH is 2. The van der Waals surface area contributed by atoms with Crippen molar-refractivity contribution in [3.05, 3.63) is 34.9 Å². The third kappa shape index (κ3) is 3.52. The Kier molecular flexibility index (Phi) is 5.09. The smallest absolute Gasteiger partial charge is 0.250 e. The van der Waals surface area contributed by atoms with Crippen LogP contribution < -0.4 is 0 Å². The summed E-state index contributed by atoms with van der Waals surface area (Å²) in [6.45, 7) is -0.244. The van der Waals surface area contributed by atoms with Gasteiger partial charge in [0, 0.05) is 7.05 Å². The van der Waals surface area contributed by atoms with Gasteiger partial charge in [-0.2, -0.15) is 0 Å². The van der Waals surface area contributed by atoms with E-state index in [1.165, 1.54) is 14.2 Å². The number of amides is 1. The van der Waals surface area contributed by atoms with E-state index in [1.54, 1.807) is 18.2 Å². The molecule has 5 heteroatoms. The molecule has 1 amide bonds. The van der Waals surface area contributed by atoms with Crippen LogP contribution in [0.25, 0.3) is 0 Å². The summed E-state index contributed by atoms with van der Waals surface area (Å²) in [7, 11) is 2.95. The molecule has 0 aliphatic heterocycles. The topological polar surface area (TPSA) is 70.0 Å². The molecule has 17 heavy (non-hydrogen) atoms. The summed E-state index contributed by atoms with van der Waals surface area (Å²) in [4.78, 5) is 16.4. The molecule has 0 saturated heterocycles. The third-order valence-electron chi connectivity index (χ3n) is 2.59. The molecule has 0 aliphatic carbocycles. The highest BCUT2D eigenvalue weighted by atomic mass is 16.7. The van der Waals surface area contributed by atoms with Crippen LogP contribution in [0.4, 0.5) is 0 Å². The molecule has 0 heterocycles. The van der Waals surface area contributed by atoms with Crippen molar-refractivity contribution < 1.29 is 19.8 Å². The Labute approximate surface area is 100 Å². The van der Waals surface area contributed by atoms with Gasteiger partial charge in [0.05, 0.1) is 26.7 Å². The summed E-state index contributed by atoms with van der Waals surface area (Å²) in [6.07, 6.45) is 0.159. The zero-order valence-electron chi connectivity index (χ0n) is 10.0. The van der Waals surface area contributed by atoms with Crippen LogP contribution in [0.3, 0.4) is 0 Å². The van der Waals surface area contributed by atoms with E-state index in [0.717, 1.165) is 10.6 Å². The number of aliphatic hydroxyl groups is 2. The van der Waals surface area contributed by atoms with Gasteiger partial charge in [0.2, 0.25) is 5.91 Å². The van der Waals surface area contributed by atoms with Gasteiger partial charge < -0.3 is 10.2 Å². The molecular weight excluding hydrogens is 222 g/mol. The molecule has 94 valence electrons. The van der Waals surface area contributed by atoms with Gasteiger partial charge in [0.15, 0.2) is 0 Å². The Balaban J connectivity index is 2.87. The Morgan fingerprint density at radius 1 is 1.29 bits per heavy atom. The summed E-state index contributed by atoms with van der Waals surface area (Å²) in [6, 6.07) is 5.16. The Hall–Kier alpha value is -1.43.